The van der Waals surface area contributed by atoms with Gasteiger partial charge in [-0.3, -0.25) is 0 Å². The fraction of sp³-hybridized carbons (Fsp3) is 0.294. The van der Waals surface area contributed by atoms with Crippen molar-refractivity contribution in [3.63, 3.8) is 0 Å². The molecule has 0 heterocycles. The van der Waals surface area contributed by atoms with Crippen LogP contribution < -0.4 is 5.32 Å². The lowest BCUT2D eigenvalue weighted by Gasteiger charge is -2.21. The molecule has 0 radical (unpaired) electrons. The Bertz CT molecular complexity index is 593. The van der Waals surface area contributed by atoms with Gasteiger partial charge in [-0.2, -0.15) is 0 Å². The quantitative estimate of drug-likeness (QED) is 0.621. The van der Waals surface area contributed by atoms with Crippen LogP contribution in [0, 0.1) is 0 Å². The first-order valence-corrected chi connectivity index (χ1v) is 8.38. The van der Waals surface area contributed by atoms with Crippen molar-refractivity contribution in [2.45, 2.75) is 32.7 Å². The van der Waals surface area contributed by atoms with E-state index in [2.05, 4.69) is 100 Å². The Morgan fingerprint density at radius 2 is 1.60 bits per heavy atom. The molecule has 1 atom stereocenters. The van der Waals surface area contributed by atoms with Gasteiger partial charge in [0, 0.05) is 20.7 Å². The highest BCUT2D eigenvalue weighted by Crippen LogP contribution is 2.31. The second-order valence-corrected chi connectivity index (χ2v) is 7.04. The number of halogens is 2. The summed E-state index contributed by atoms with van der Waals surface area (Å²) in [6.45, 7) is 6.63. The fourth-order valence-corrected chi connectivity index (χ4v) is 3.69. The molecule has 2 rings (SSSR count). The molecule has 2 aromatic rings. The second kappa shape index (κ2) is 6.77. The van der Waals surface area contributed by atoms with E-state index in [1.165, 1.54) is 16.8 Å². The van der Waals surface area contributed by atoms with Crippen molar-refractivity contribution in [2.24, 2.45) is 0 Å². The van der Waals surface area contributed by atoms with E-state index in [4.69, 9.17) is 0 Å². The number of hydrogen-bond donors (Lipinski definition) is 1. The molecule has 0 aliphatic heterocycles. The average Bonchev–Trinajstić information content (AvgIpc) is 2.38. The molecule has 1 unspecified atom stereocenters. The summed E-state index contributed by atoms with van der Waals surface area (Å²) < 4.78 is 2.21. The standard InChI is InChI=1S/C17H19Br2N/c1-11(2)14-6-4-5-7-17(14)20-12(3)15-9-8-13(18)10-16(15)19/h4-12,20H,1-3H3. The number of para-hydroxylation sites is 1. The molecule has 0 aliphatic rings. The van der Waals surface area contributed by atoms with E-state index in [0.717, 1.165) is 8.95 Å². The lowest BCUT2D eigenvalue weighted by Crippen LogP contribution is -2.09. The number of nitrogens with one attached hydrogen (secondary N) is 1. The van der Waals surface area contributed by atoms with Crippen LogP contribution in [0.5, 0.6) is 0 Å². The summed E-state index contributed by atoms with van der Waals surface area (Å²) in [5.41, 5.74) is 3.82. The van der Waals surface area contributed by atoms with Crippen molar-refractivity contribution in [1.29, 1.82) is 0 Å². The normalized spacial score (nSPS) is 12.5. The summed E-state index contributed by atoms with van der Waals surface area (Å²) in [5.74, 6) is 0.513. The number of hydrogen-bond acceptors (Lipinski definition) is 1. The fourth-order valence-electron chi connectivity index (χ4n) is 2.30. The van der Waals surface area contributed by atoms with Crippen LogP contribution in [0.15, 0.2) is 51.4 Å². The molecule has 0 bridgehead atoms. The zero-order valence-corrected chi connectivity index (χ0v) is 15.1. The Labute approximate surface area is 138 Å². The van der Waals surface area contributed by atoms with Crippen LogP contribution in [0.1, 0.15) is 43.9 Å². The van der Waals surface area contributed by atoms with Gasteiger partial charge in [-0.15, -0.1) is 0 Å². The van der Waals surface area contributed by atoms with E-state index in [-0.39, 0.29) is 6.04 Å². The zero-order chi connectivity index (χ0) is 14.7. The van der Waals surface area contributed by atoms with Gasteiger partial charge in [-0.05, 0) is 42.2 Å². The Kier molecular flexibility index (Phi) is 5.28. The van der Waals surface area contributed by atoms with E-state index < -0.39 is 0 Å². The summed E-state index contributed by atoms with van der Waals surface area (Å²) in [6.07, 6.45) is 0. The lowest BCUT2D eigenvalue weighted by molar-refractivity contribution is 0.839. The van der Waals surface area contributed by atoms with Crippen LogP contribution in [0.2, 0.25) is 0 Å². The van der Waals surface area contributed by atoms with Gasteiger partial charge >= 0.3 is 0 Å². The summed E-state index contributed by atoms with van der Waals surface area (Å²) in [4.78, 5) is 0. The first-order valence-electron chi connectivity index (χ1n) is 6.79. The van der Waals surface area contributed by atoms with Crippen LogP contribution in [-0.2, 0) is 0 Å². The maximum absolute atomic E-state index is 3.64. The highest BCUT2D eigenvalue weighted by Gasteiger charge is 2.12. The van der Waals surface area contributed by atoms with Gasteiger partial charge in [0.05, 0.1) is 0 Å². The molecule has 106 valence electrons. The monoisotopic (exact) mass is 395 g/mol. The second-order valence-electron chi connectivity index (χ2n) is 5.27. The summed E-state index contributed by atoms with van der Waals surface area (Å²) in [5, 5.41) is 3.62. The van der Waals surface area contributed by atoms with Crippen molar-refractivity contribution in [3.8, 4) is 0 Å². The molecule has 0 amide bonds. The molecule has 0 spiro atoms. The van der Waals surface area contributed by atoms with Gasteiger partial charge in [0.2, 0.25) is 0 Å². The third kappa shape index (κ3) is 3.64. The molecule has 0 aromatic heterocycles. The van der Waals surface area contributed by atoms with Crippen LogP contribution in [0.3, 0.4) is 0 Å². The highest BCUT2D eigenvalue weighted by molar-refractivity contribution is 9.11. The van der Waals surface area contributed by atoms with E-state index in [0.29, 0.717) is 5.92 Å². The van der Waals surface area contributed by atoms with Gasteiger partial charge in [0.15, 0.2) is 0 Å². The summed E-state index contributed by atoms with van der Waals surface area (Å²) in [7, 11) is 0. The molecule has 1 N–H and O–H groups in total. The topological polar surface area (TPSA) is 12.0 Å². The third-order valence-electron chi connectivity index (χ3n) is 3.38. The largest absolute Gasteiger partial charge is 0.378 e. The maximum atomic E-state index is 3.64. The third-order valence-corrected chi connectivity index (χ3v) is 4.56. The first-order chi connectivity index (χ1) is 9.49. The van der Waals surface area contributed by atoms with Crippen molar-refractivity contribution in [2.75, 3.05) is 5.32 Å². The molecule has 0 saturated heterocycles. The zero-order valence-electron chi connectivity index (χ0n) is 12.0. The molecule has 0 fully saturated rings. The number of rotatable bonds is 4. The average molecular weight is 397 g/mol. The molecule has 2 aromatic carbocycles. The van der Waals surface area contributed by atoms with E-state index in [1.807, 2.05) is 0 Å². The minimum Gasteiger partial charge on any atom is -0.378 e. The van der Waals surface area contributed by atoms with Crippen LogP contribution in [0.4, 0.5) is 5.69 Å². The van der Waals surface area contributed by atoms with Gasteiger partial charge in [0.1, 0.15) is 0 Å². The number of anilines is 1. The molecule has 0 aliphatic carbocycles. The Balaban J connectivity index is 2.26. The van der Waals surface area contributed by atoms with Gasteiger partial charge in [-0.1, -0.05) is 70.0 Å². The van der Waals surface area contributed by atoms with Gasteiger partial charge in [-0.25, -0.2) is 0 Å². The lowest BCUT2D eigenvalue weighted by atomic mass is 10.00. The smallest absolute Gasteiger partial charge is 0.0496 e. The Morgan fingerprint density at radius 1 is 0.900 bits per heavy atom. The Hall–Kier alpha value is -0.800. The van der Waals surface area contributed by atoms with Crippen molar-refractivity contribution in [3.05, 3.63) is 62.5 Å². The molecular formula is C17H19Br2N. The molecular weight excluding hydrogens is 378 g/mol. The maximum Gasteiger partial charge on any atom is 0.0496 e. The van der Waals surface area contributed by atoms with Crippen molar-refractivity contribution >= 4 is 37.5 Å². The first kappa shape index (κ1) is 15.6. The molecule has 20 heavy (non-hydrogen) atoms. The van der Waals surface area contributed by atoms with Crippen LogP contribution in [-0.4, -0.2) is 0 Å². The molecule has 0 saturated carbocycles. The number of benzene rings is 2. The Morgan fingerprint density at radius 3 is 2.25 bits per heavy atom. The van der Waals surface area contributed by atoms with Crippen molar-refractivity contribution < 1.29 is 0 Å². The minimum atomic E-state index is 0.248. The van der Waals surface area contributed by atoms with Crippen molar-refractivity contribution in [1.82, 2.24) is 0 Å². The van der Waals surface area contributed by atoms with E-state index in [1.54, 1.807) is 0 Å². The highest BCUT2D eigenvalue weighted by atomic mass is 79.9. The van der Waals surface area contributed by atoms with Crippen LogP contribution >= 0.6 is 31.9 Å². The molecule has 3 heteroatoms. The summed E-state index contributed by atoms with van der Waals surface area (Å²) >= 11 is 7.13. The van der Waals surface area contributed by atoms with E-state index >= 15 is 0 Å². The minimum absolute atomic E-state index is 0.248. The van der Waals surface area contributed by atoms with Gasteiger partial charge in [0.25, 0.3) is 0 Å². The predicted molar refractivity (Wildman–Crippen MR) is 94.4 cm³/mol. The van der Waals surface area contributed by atoms with Gasteiger partial charge < -0.3 is 5.32 Å². The summed E-state index contributed by atoms with van der Waals surface area (Å²) in [6, 6.07) is 15.1. The molecule has 1 nitrogen and oxygen atoms in total. The SMILES string of the molecule is CC(C)c1ccccc1NC(C)c1ccc(Br)cc1Br. The van der Waals surface area contributed by atoms with E-state index in [9.17, 15) is 0 Å². The predicted octanol–water partition coefficient (Wildman–Crippen LogP) is 6.51. The van der Waals surface area contributed by atoms with Crippen LogP contribution in [0.25, 0.3) is 0 Å².